The summed E-state index contributed by atoms with van der Waals surface area (Å²) in [4.78, 5) is 10.1. The third-order valence-electron chi connectivity index (χ3n) is 4.53. The summed E-state index contributed by atoms with van der Waals surface area (Å²) < 4.78 is 10.8. The van der Waals surface area contributed by atoms with Crippen LogP contribution in [-0.4, -0.2) is 41.4 Å². The Kier molecular flexibility index (Phi) is 6.87. The van der Waals surface area contributed by atoms with Crippen molar-refractivity contribution in [3.8, 4) is 5.75 Å². The number of carbonyl (C=O) groups excluding carboxylic acids is 1. The smallest absolute Gasteiger partial charge is 0.293 e. The van der Waals surface area contributed by atoms with Crippen LogP contribution in [0.5, 0.6) is 5.75 Å². The molecule has 0 saturated carbocycles. The number of hydrogen-bond acceptors (Lipinski definition) is 6. The van der Waals surface area contributed by atoms with E-state index in [4.69, 9.17) is 4.74 Å². The van der Waals surface area contributed by atoms with E-state index in [1.807, 2.05) is 18.2 Å². The average Bonchev–Trinajstić information content (AvgIpc) is 2.82. The first-order chi connectivity index (χ1) is 13.2. The van der Waals surface area contributed by atoms with Crippen LogP contribution in [0.2, 0.25) is 0 Å². The highest BCUT2D eigenvalue weighted by Gasteiger charge is 2.22. The fourth-order valence-corrected chi connectivity index (χ4v) is 3.96. The van der Waals surface area contributed by atoms with Crippen LogP contribution in [0.25, 0.3) is 17.9 Å². The van der Waals surface area contributed by atoms with Gasteiger partial charge in [0.15, 0.2) is 5.76 Å². The summed E-state index contributed by atoms with van der Waals surface area (Å²) >= 11 is 1.72. The quantitative estimate of drug-likeness (QED) is 0.478. The Bertz CT molecular complexity index is 779. The maximum Gasteiger partial charge on any atom is 0.293 e. The predicted molar refractivity (Wildman–Crippen MR) is 109 cm³/mol. The van der Waals surface area contributed by atoms with Gasteiger partial charge in [-0.25, -0.2) is 0 Å². The number of aliphatic hydroxyl groups excluding tert-OH is 2. The van der Waals surface area contributed by atoms with Crippen LogP contribution in [0.3, 0.4) is 0 Å². The number of rotatable bonds is 9. The molecule has 0 heterocycles. The second-order valence-electron chi connectivity index (χ2n) is 6.36. The molecule has 2 N–H and O–H groups in total. The molecular formula is C21H24O5S. The van der Waals surface area contributed by atoms with E-state index in [1.165, 1.54) is 0 Å². The Hall–Kier alpha value is -2.34. The van der Waals surface area contributed by atoms with Crippen LogP contribution >= 0.6 is 11.8 Å². The number of allylic oxidation sites excluding steroid dienone is 2. The van der Waals surface area contributed by atoms with Crippen molar-refractivity contribution in [3.05, 3.63) is 46.2 Å². The van der Waals surface area contributed by atoms with Gasteiger partial charge < -0.3 is 19.7 Å². The number of carbonyl (C=O) groups is 1. The Labute approximate surface area is 163 Å². The molecule has 1 aromatic carbocycles. The maximum atomic E-state index is 10.4. The molecule has 0 spiro atoms. The van der Waals surface area contributed by atoms with E-state index in [1.54, 1.807) is 11.8 Å². The summed E-state index contributed by atoms with van der Waals surface area (Å²) in [5.74, 6) is 2.37. The van der Waals surface area contributed by atoms with Crippen LogP contribution in [0.4, 0.5) is 0 Å². The lowest BCUT2D eigenvalue weighted by Crippen LogP contribution is -2.08. The highest BCUT2D eigenvalue weighted by Crippen LogP contribution is 2.40. The van der Waals surface area contributed by atoms with Crippen LogP contribution in [0.1, 0.15) is 41.5 Å². The van der Waals surface area contributed by atoms with Crippen molar-refractivity contribution < 1.29 is 24.5 Å². The van der Waals surface area contributed by atoms with E-state index in [-0.39, 0.29) is 11.5 Å². The van der Waals surface area contributed by atoms with Crippen LogP contribution in [-0.2, 0) is 16.0 Å². The van der Waals surface area contributed by atoms with Gasteiger partial charge in [-0.15, -0.1) is 0 Å². The number of thioether (sulfide) groups is 1. The number of fused-ring (bicyclic) bond motifs is 2. The molecule has 27 heavy (non-hydrogen) atoms. The summed E-state index contributed by atoms with van der Waals surface area (Å²) in [6.07, 6.45) is 11.0. The summed E-state index contributed by atoms with van der Waals surface area (Å²) in [6.45, 7) is 1.46. The molecular weight excluding hydrogens is 364 g/mol. The molecule has 0 fully saturated rings. The SMILES string of the molecule is O=COCCSCCCOc1c2c(cc3c1C=CCC(O)=C3O)CCC=C2. The minimum atomic E-state index is -0.0667. The first-order valence-electron chi connectivity index (χ1n) is 9.12. The highest BCUT2D eigenvalue weighted by molar-refractivity contribution is 7.99. The van der Waals surface area contributed by atoms with Gasteiger partial charge >= 0.3 is 0 Å². The van der Waals surface area contributed by atoms with Gasteiger partial charge in [-0.05, 0) is 36.6 Å². The van der Waals surface area contributed by atoms with Crippen LogP contribution in [0.15, 0.2) is 24.0 Å². The summed E-state index contributed by atoms with van der Waals surface area (Å²) in [5.41, 5.74) is 3.63. The van der Waals surface area contributed by atoms with Crippen molar-refractivity contribution in [2.45, 2.75) is 25.7 Å². The molecule has 3 rings (SSSR count). The van der Waals surface area contributed by atoms with Crippen molar-refractivity contribution in [2.24, 2.45) is 0 Å². The third-order valence-corrected chi connectivity index (χ3v) is 5.56. The number of aliphatic hydroxyl groups is 2. The van der Waals surface area contributed by atoms with Gasteiger partial charge in [0.1, 0.15) is 18.1 Å². The second-order valence-corrected chi connectivity index (χ2v) is 7.59. The molecule has 0 atom stereocenters. The Morgan fingerprint density at radius 1 is 1.11 bits per heavy atom. The third kappa shape index (κ3) is 4.69. The first kappa shape index (κ1) is 19.4. The Morgan fingerprint density at radius 2 is 1.96 bits per heavy atom. The zero-order valence-electron chi connectivity index (χ0n) is 15.1. The van der Waals surface area contributed by atoms with Gasteiger partial charge in [-0.1, -0.05) is 24.3 Å². The second kappa shape index (κ2) is 9.55. The number of hydrogen-bond donors (Lipinski definition) is 2. The highest BCUT2D eigenvalue weighted by atomic mass is 32.2. The van der Waals surface area contributed by atoms with E-state index < -0.39 is 0 Å². The van der Waals surface area contributed by atoms with Crippen molar-refractivity contribution in [1.29, 1.82) is 0 Å². The summed E-state index contributed by atoms with van der Waals surface area (Å²) in [7, 11) is 0. The molecule has 144 valence electrons. The van der Waals surface area contributed by atoms with E-state index in [0.717, 1.165) is 53.2 Å². The van der Waals surface area contributed by atoms with Crippen molar-refractivity contribution in [2.75, 3.05) is 24.7 Å². The lowest BCUT2D eigenvalue weighted by molar-refractivity contribution is -0.128. The molecule has 0 aromatic heterocycles. The van der Waals surface area contributed by atoms with Crippen molar-refractivity contribution in [1.82, 2.24) is 0 Å². The molecule has 0 unspecified atom stereocenters. The molecule has 1 aromatic rings. The zero-order chi connectivity index (χ0) is 19.1. The summed E-state index contributed by atoms with van der Waals surface area (Å²) in [6, 6.07) is 1.96. The fourth-order valence-electron chi connectivity index (χ4n) is 3.22. The lowest BCUT2D eigenvalue weighted by Gasteiger charge is -2.21. The fraction of sp³-hybridized carbons (Fsp3) is 0.381. The van der Waals surface area contributed by atoms with E-state index >= 15 is 0 Å². The molecule has 2 aliphatic rings. The number of benzene rings is 1. The van der Waals surface area contributed by atoms with E-state index in [2.05, 4.69) is 16.9 Å². The van der Waals surface area contributed by atoms with E-state index in [0.29, 0.717) is 31.7 Å². The summed E-state index contributed by atoms with van der Waals surface area (Å²) in [5, 5.41) is 20.4. The van der Waals surface area contributed by atoms with Gasteiger partial charge in [-0.3, -0.25) is 4.79 Å². The minimum absolute atomic E-state index is 0.0174. The topological polar surface area (TPSA) is 76.0 Å². The molecule has 0 saturated heterocycles. The van der Waals surface area contributed by atoms with E-state index in [9.17, 15) is 15.0 Å². The normalized spacial score (nSPS) is 15.1. The van der Waals surface area contributed by atoms with Crippen molar-refractivity contribution in [3.63, 3.8) is 0 Å². The standard InChI is InChI=1S/C21H24O5S/c22-14-25-10-12-27-11-4-9-26-21-16-6-2-1-5-15(16)13-18-17(21)7-3-8-19(23)20(18)24/h2-3,6-7,13-14,23-24H,1,4-5,8-12H2. The number of ether oxygens (including phenoxy) is 2. The van der Waals surface area contributed by atoms with Gasteiger partial charge in [0.2, 0.25) is 0 Å². The van der Waals surface area contributed by atoms with Crippen LogP contribution in [0, 0.1) is 0 Å². The first-order valence-corrected chi connectivity index (χ1v) is 10.3. The zero-order valence-corrected chi connectivity index (χ0v) is 16.0. The van der Waals surface area contributed by atoms with Crippen LogP contribution < -0.4 is 4.74 Å². The molecule has 6 heteroatoms. The predicted octanol–water partition coefficient (Wildman–Crippen LogP) is 4.52. The Morgan fingerprint density at radius 3 is 2.81 bits per heavy atom. The van der Waals surface area contributed by atoms with Gasteiger partial charge in [0.25, 0.3) is 6.47 Å². The van der Waals surface area contributed by atoms with Crippen molar-refractivity contribution >= 4 is 36.1 Å². The Balaban J connectivity index is 1.74. The molecule has 0 amide bonds. The lowest BCUT2D eigenvalue weighted by atomic mass is 9.90. The molecule has 0 bridgehead atoms. The van der Waals surface area contributed by atoms with Gasteiger partial charge in [0.05, 0.1) is 6.61 Å². The monoisotopic (exact) mass is 388 g/mol. The molecule has 2 aliphatic carbocycles. The number of aryl methyl sites for hydroxylation is 1. The minimum Gasteiger partial charge on any atom is -0.508 e. The largest absolute Gasteiger partial charge is 0.508 e. The molecule has 5 nitrogen and oxygen atoms in total. The average molecular weight is 388 g/mol. The molecule has 0 aliphatic heterocycles. The van der Waals surface area contributed by atoms with Gasteiger partial charge in [-0.2, -0.15) is 11.8 Å². The maximum absolute atomic E-state index is 10.4. The molecule has 0 radical (unpaired) electrons. The van der Waals surface area contributed by atoms with Gasteiger partial charge in [0, 0.05) is 28.9 Å².